The fourth-order valence-electron chi connectivity index (χ4n) is 1.85. The first-order chi connectivity index (χ1) is 7.26. The highest BCUT2D eigenvalue weighted by molar-refractivity contribution is 5.94. The number of methoxy groups -OCH3 is 1. The second-order valence-electron chi connectivity index (χ2n) is 3.64. The number of fused-ring (bicyclic) bond motifs is 1. The summed E-state index contributed by atoms with van der Waals surface area (Å²) in [6.07, 6.45) is 1.77. The minimum Gasteiger partial charge on any atom is -0.497 e. The first kappa shape index (κ1) is 10.0. The van der Waals surface area contributed by atoms with Gasteiger partial charge in [-0.15, -0.1) is 0 Å². The van der Waals surface area contributed by atoms with Crippen molar-refractivity contribution < 1.29 is 14.3 Å². The van der Waals surface area contributed by atoms with Crippen LogP contribution in [-0.2, 0) is 4.74 Å². The molecule has 1 heterocycles. The summed E-state index contributed by atoms with van der Waals surface area (Å²) in [6, 6.07) is 5.45. The SMILES string of the molecule is CCCC1OC(=O)c2ccc(OC)cc21. The van der Waals surface area contributed by atoms with Crippen molar-refractivity contribution in [3.63, 3.8) is 0 Å². The van der Waals surface area contributed by atoms with Crippen LogP contribution in [0.4, 0.5) is 0 Å². The van der Waals surface area contributed by atoms with E-state index in [9.17, 15) is 4.79 Å². The topological polar surface area (TPSA) is 35.5 Å². The number of cyclic esters (lactones) is 1. The zero-order valence-electron chi connectivity index (χ0n) is 8.95. The fourth-order valence-corrected chi connectivity index (χ4v) is 1.85. The average Bonchev–Trinajstić information content (AvgIpc) is 2.56. The van der Waals surface area contributed by atoms with Crippen molar-refractivity contribution in [2.45, 2.75) is 25.9 Å². The zero-order chi connectivity index (χ0) is 10.8. The van der Waals surface area contributed by atoms with Gasteiger partial charge in [0.2, 0.25) is 0 Å². The van der Waals surface area contributed by atoms with Gasteiger partial charge >= 0.3 is 5.97 Å². The van der Waals surface area contributed by atoms with Gasteiger partial charge in [-0.05, 0) is 24.6 Å². The molecule has 0 aromatic heterocycles. The van der Waals surface area contributed by atoms with E-state index < -0.39 is 0 Å². The van der Waals surface area contributed by atoms with Crippen LogP contribution in [0, 0.1) is 0 Å². The first-order valence-electron chi connectivity index (χ1n) is 5.15. The van der Waals surface area contributed by atoms with Gasteiger partial charge in [0.1, 0.15) is 11.9 Å². The standard InChI is InChI=1S/C12H14O3/c1-3-4-11-10-7-8(14-2)5-6-9(10)12(13)15-11/h5-7,11H,3-4H2,1-2H3. The molecule has 80 valence electrons. The number of ether oxygens (including phenoxy) is 2. The summed E-state index contributed by atoms with van der Waals surface area (Å²) < 4.78 is 10.4. The minimum absolute atomic E-state index is 0.0902. The van der Waals surface area contributed by atoms with Crippen molar-refractivity contribution in [2.75, 3.05) is 7.11 Å². The van der Waals surface area contributed by atoms with Crippen LogP contribution in [0.5, 0.6) is 5.75 Å². The van der Waals surface area contributed by atoms with Crippen LogP contribution in [0.25, 0.3) is 0 Å². The van der Waals surface area contributed by atoms with E-state index in [1.54, 1.807) is 19.2 Å². The van der Waals surface area contributed by atoms with Crippen molar-refractivity contribution in [1.82, 2.24) is 0 Å². The van der Waals surface area contributed by atoms with Crippen LogP contribution in [0.3, 0.4) is 0 Å². The third kappa shape index (κ3) is 1.69. The van der Waals surface area contributed by atoms with Crippen LogP contribution in [0.1, 0.15) is 41.8 Å². The van der Waals surface area contributed by atoms with Crippen LogP contribution < -0.4 is 4.74 Å². The molecule has 0 fully saturated rings. The Morgan fingerprint density at radius 2 is 2.27 bits per heavy atom. The molecule has 2 rings (SSSR count). The monoisotopic (exact) mass is 206 g/mol. The smallest absolute Gasteiger partial charge is 0.339 e. The van der Waals surface area contributed by atoms with Gasteiger partial charge in [-0.3, -0.25) is 0 Å². The molecule has 0 saturated heterocycles. The van der Waals surface area contributed by atoms with Gasteiger partial charge in [-0.1, -0.05) is 13.3 Å². The van der Waals surface area contributed by atoms with Crippen molar-refractivity contribution in [1.29, 1.82) is 0 Å². The Kier molecular flexibility index (Phi) is 2.62. The predicted molar refractivity (Wildman–Crippen MR) is 56.1 cm³/mol. The third-order valence-corrected chi connectivity index (χ3v) is 2.63. The molecule has 1 aromatic carbocycles. The summed E-state index contributed by atoms with van der Waals surface area (Å²) in [7, 11) is 1.62. The van der Waals surface area contributed by atoms with Crippen LogP contribution in [0.15, 0.2) is 18.2 Å². The van der Waals surface area contributed by atoms with Crippen LogP contribution >= 0.6 is 0 Å². The lowest BCUT2D eigenvalue weighted by Gasteiger charge is -2.09. The molecule has 1 atom stereocenters. The van der Waals surface area contributed by atoms with Crippen molar-refractivity contribution in [2.24, 2.45) is 0 Å². The molecule has 0 spiro atoms. The van der Waals surface area contributed by atoms with Gasteiger partial charge in [-0.25, -0.2) is 4.79 Å². The van der Waals surface area contributed by atoms with Gasteiger partial charge < -0.3 is 9.47 Å². The fraction of sp³-hybridized carbons (Fsp3) is 0.417. The maximum atomic E-state index is 11.5. The van der Waals surface area contributed by atoms with E-state index in [-0.39, 0.29) is 12.1 Å². The zero-order valence-corrected chi connectivity index (χ0v) is 8.95. The van der Waals surface area contributed by atoms with Gasteiger partial charge in [0.05, 0.1) is 12.7 Å². The van der Waals surface area contributed by atoms with E-state index in [1.165, 1.54) is 0 Å². The second-order valence-corrected chi connectivity index (χ2v) is 3.64. The third-order valence-electron chi connectivity index (χ3n) is 2.63. The van der Waals surface area contributed by atoms with E-state index in [0.29, 0.717) is 5.56 Å². The van der Waals surface area contributed by atoms with Crippen LogP contribution in [-0.4, -0.2) is 13.1 Å². The Hall–Kier alpha value is -1.51. The molecule has 1 aliphatic heterocycles. The first-order valence-corrected chi connectivity index (χ1v) is 5.15. The van der Waals surface area contributed by atoms with Crippen LogP contribution in [0.2, 0.25) is 0 Å². The molecule has 0 aliphatic carbocycles. The molecular weight excluding hydrogens is 192 g/mol. The lowest BCUT2D eigenvalue weighted by molar-refractivity contribution is 0.0367. The molecule has 0 saturated carbocycles. The number of rotatable bonds is 3. The van der Waals surface area contributed by atoms with E-state index >= 15 is 0 Å². The number of hydrogen-bond acceptors (Lipinski definition) is 3. The predicted octanol–water partition coefficient (Wildman–Crippen LogP) is 2.71. The molecule has 1 aliphatic rings. The maximum absolute atomic E-state index is 11.5. The number of carbonyl (C=O) groups is 1. The molecule has 1 unspecified atom stereocenters. The largest absolute Gasteiger partial charge is 0.497 e. The summed E-state index contributed by atoms with van der Waals surface area (Å²) >= 11 is 0. The number of carbonyl (C=O) groups excluding carboxylic acids is 1. The summed E-state index contributed by atoms with van der Waals surface area (Å²) in [6.45, 7) is 2.08. The Balaban J connectivity index is 2.38. The number of benzene rings is 1. The van der Waals surface area contributed by atoms with Gasteiger partial charge in [0, 0.05) is 5.56 Å². The molecular formula is C12H14O3. The molecule has 3 nitrogen and oxygen atoms in total. The molecule has 1 aromatic rings. The molecule has 15 heavy (non-hydrogen) atoms. The van der Waals surface area contributed by atoms with Crippen molar-refractivity contribution >= 4 is 5.97 Å². The van der Waals surface area contributed by atoms with Crippen molar-refractivity contribution in [3.8, 4) is 5.75 Å². The molecule has 0 amide bonds. The number of esters is 1. The van der Waals surface area contributed by atoms with Gasteiger partial charge in [-0.2, -0.15) is 0 Å². The van der Waals surface area contributed by atoms with E-state index in [0.717, 1.165) is 24.2 Å². The van der Waals surface area contributed by atoms with Crippen molar-refractivity contribution in [3.05, 3.63) is 29.3 Å². The Morgan fingerprint density at radius 3 is 2.93 bits per heavy atom. The summed E-state index contributed by atoms with van der Waals surface area (Å²) in [5.41, 5.74) is 1.63. The average molecular weight is 206 g/mol. The number of hydrogen-bond donors (Lipinski definition) is 0. The van der Waals surface area contributed by atoms with Gasteiger partial charge in [0.25, 0.3) is 0 Å². The lowest BCUT2D eigenvalue weighted by Crippen LogP contribution is -1.97. The Morgan fingerprint density at radius 1 is 1.47 bits per heavy atom. The highest BCUT2D eigenvalue weighted by Gasteiger charge is 2.30. The minimum atomic E-state index is -0.217. The molecule has 0 N–H and O–H groups in total. The maximum Gasteiger partial charge on any atom is 0.339 e. The lowest BCUT2D eigenvalue weighted by atomic mass is 10.0. The summed E-state index contributed by atoms with van der Waals surface area (Å²) in [4.78, 5) is 11.5. The summed E-state index contributed by atoms with van der Waals surface area (Å²) in [5, 5.41) is 0. The van der Waals surface area contributed by atoms with E-state index in [2.05, 4.69) is 6.92 Å². The second kappa shape index (κ2) is 3.93. The molecule has 0 bridgehead atoms. The summed E-state index contributed by atoms with van der Waals surface area (Å²) in [5.74, 6) is 0.555. The highest BCUT2D eigenvalue weighted by Crippen LogP contribution is 2.35. The van der Waals surface area contributed by atoms with E-state index in [1.807, 2.05) is 6.07 Å². The molecule has 3 heteroatoms. The quantitative estimate of drug-likeness (QED) is 0.713. The highest BCUT2D eigenvalue weighted by atomic mass is 16.5. The normalized spacial score (nSPS) is 18.5. The van der Waals surface area contributed by atoms with E-state index in [4.69, 9.17) is 9.47 Å². The Bertz CT molecular complexity index is 384. The molecule has 0 radical (unpaired) electrons. The Labute approximate surface area is 89.0 Å². The van der Waals surface area contributed by atoms with Gasteiger partial charge in [0.15, 0.2) is 0 Å².